The zero-order chi connectivity index (χ0) is 14.6. The second kappa shape index (κ2) is 6.17. The van der Waals surface area contributed by atoms with Crippen LogP contribution in [0.4, 0.5) is 17.6 Å². The molecule has 0 saturated heterocycles. The van der Waals surface area contributed by atoms with Crippen molar-refractivity contribution in [3.8, 4) is 0 Å². The summed E-state index contributed by atoms with van der Waals surface area (Å²) in [5.41, 5.74) is -1.37. The molecule has 1 amide bonds. The third-order valence-corrected chi connectivity index (χ3v) is 2.19. The van der Waals surface area contributed by atoms with E-state index in [9.17, 15) is 27.2 Å². The van der Waals surface area contributed by atoms with Gasteiger partial charge in [-0.05, 0) is 6.42 Å². The van der Waals surface area contributed by atoms with Crippen LogP contribution in [0.5, 0.6) is 0 Å². The van der Waals surface area contributed by atoms with Crippen molar-refractivity contribution < 1.29 is 32.3 Å². The third kappa shape index (κ3) is 3.67. The Hall–Kier alpha value is -2.12. The van der Waals surface area contributed by atoms with Crippen molar-refractivity contribution in [1.82, 2.24) is 5.32 Å². The largest absolute Gasteiger partial charge is 0.481 e. The lowest BCUT2D eigenvalue weighted by molar-refractivity contribution is -0.137. The topological polar surface area (TPSA) is 66.4 Å². The van der Waals surface area contributed by atoms with Crippen LogP contribution >= 0.6 is 0 Å². The smallest absolute Gasteiger partial charge is 0.303 e. The van der Waals surface area contributed by atoms with Crippen molar-refractivity contribution in [2.45, 2.75) is 12.8 Å². The highest BCUT2D eigenvalue weighted by Crippen LogP contribution is 2.19. The number of carboxylic acid groups (broad SMARTS) is 1. The van der Waals surface area contributed by atoms with Crippen LogP contribution in [-0.4, -0.2) is 23.5 Å². The maximum Gasteiger partial charge on any atom is 0.303 e. The number of aliphatic carboxylic acids is 1. The number of rotatable bonds is 5. The molecule has 0 spiro atoms. The third-order valence-electron chi connectivity index (χ3n) is 2.19. The number of nitrogens with one attached hydrogen (secondary N) is 1. The summed E-state index contributed by atoms with van der Waals surface area (Å²) < 4.78 is 52.1. The van der Waals surface area contributed by atoms with E-state index in [0.717, 1.165) is 0 Å². The van der Waals surface area contributed by atoms with Gasteiger partial charge in [-0.2, -0.15) is 0 Å². The first-order valence-corrected chi connectivity index (χ1v) is 5.17. The Labute approximate surface area is 105 Å². The summed E-state index contributed by atoms with van der Waals surface area (Å²) in [5.74, 6) is -9.42. The van der Waals surface area contributed by atoms with Gasteiger partial charge in [0.1, 0.15) is 5.56 Å². The molecule has 8 heteroatoms. The van der Waals surface area contributed by atoms with Gasteiger partial charge in [-0.1, -0.05) is 0 Å². The van der Waals surface area contributed by atoms with E-state index in [1.54, 1.807) is 0 Å². The molecule has 1 rings (SSSR count). The van der Waals surface area contributed by atoms with Gasteiger partial charge < -0.3 is 10.4 Å². The van der Waals surface area contributed by atoms with Gasteiger partial charge in [0.2, 0.25) is 0 Å². The van der Waals surface area contributed by atoms with Crippen molar-refractivity contribution in [3.05, 3.63) is 34.9 Å². The highest BCUT2D eigenvalue weighted by molar-refractivity contribution is 5.94. The van der Waals surface area contributed by atoms with E-state index >= 15 is 0 Å². The zero-order valence-electron chi connectivity index (χ0n) is 9.47. The minimum atomic E-state index is -1.80. The molecule has 0 unspecified atom stereocenters. The van der Waals surface area contributed by atoms with Gasteiger partial charge in [-0.3, -0.25) is 9.59 Å². The van der Waals surface area contributed by atoms with E-state index in [4.69, 9.17) is 5.11 Å². The first kappa shape index (κ1) is 14.9. The number of carbonyl (C=O) groups is 2. The Morgan fingerprint density at radius 2 is 1.63 bits per heavy atom. The Bertz CT molecular complexity index is 493. The minimum Gasteiger partial charge on any atom is -0.481 e. The van der Waals surface area contributed by atoms with Crippen molar-refractivity contribution in [3.63, 3.8) is 0 Å². The molecule has 0 radical (unpaired) electrons. The van der Waals surface area contributed by atoms with Crippen LogP contribution in [0, 0.1) is 23.3 Å². The maximum atomic E-state index is 13.2. The summed E-state index contributed by atoms with van der Waals surface area (Å²) in [6.07, 6.45) is -0.245. The van der Waals surface area contributed by atoms with Crippen molar-refractivity contribution in [2.24, 2.45) is 0 Å². The van der Waals surface area contributed by atoms with Gasteiger partial charge >= 0.3 is 5.97 Å². The standard InChI is InChI=1S/C11H9F4NO3/c12-5-4-6(13)10(15)8(9(5)14)11(19)16-3-1-2-7(17)18/h4H,1-3H2,(H,16,19)(H,17,18). The van der Waals surface area contributed by atoms with Crippen molar-refractivity contribution in [1.29, 1.82) is 0 Å². The molecule has 19 heavy (non-hydrogen) atoms. The van der Waals surface area contributed by atoms with Gasteiger partial charge in [0, 0.05) is 19.0 Å². The van der Waals surface area contributed by atoms with Crippen LogP contribution < -0.4 is 5.32 Å². The molecule has 0 heterocycles. The molecule has 0 aliphatic heterocycles. The minimum absolute atomic E-state index is 0.00806. The Kier molecular flexibility index (Phi) is 4.85. The molecule has 0 aliphatic rings. The van der Waals surface area contributed by atoms with Crippen LogP contribution in [0.25, 0.3) is 0 Å². The molecule has 0 atom stereocenters. The van der Waals surface area contributed by atoms with Crippen LogP contribution in [0.3, 0.4) is 0 Å². The number of hydrogen-bond acceptors (Lipinski definition) is 2. The van der Waals surface area contributed by atoms with Crippen LogP contribution in [0.2, 0.25) is 0 Å². The van der Waals surface area contributed by atoms with E-state index in [0.29, 0.717) is 0 Å². The molecule has 104 valence electrons. The maximum absolute atomic E-state index is 13.2. The van der Waals surface area contributed by atoms with E-state index in [1.165, 1.54) is 0 Å². The molecule has 0 saturated carbocycles. The molecular weight excluding hydrogens is 270 g/mol. The quantitative estimate of drug-likeness (QED) is 0.491. The molecule has 4 nitrogen and oxygen atoms in total. The fourth-order valence-electron chi connectivity index (χ4n) is 1.30. The van der Waals surface area contributed by atoms with Gasteiger partial charge in [-0.15, -0.1) is 0 Å². The van der Waals surface area contributed by atoms with Crippen molar-refractivity contribution >= 4 is 11.9 Å². The number of carboxylic acids is 1. The number of carbonyl (C=O) groups excluding carboxylic acids is 1. The van der Waals surface area contributed by atoms with E-state index < -0.39 is 40.7 Å². The first-order valence-electron chi connectivity index (χ1n) is 5.17. The first-order chi connectivity index (χ1) is 8.84. The second-order valence-electron chi connectivity index (χ2n) is 3.60. The Morgan fingerprint density at radius 3 is 2.11 bits per heavy atom. The Balaban J connectivity index is 2.80. The number of benzene rings is 1. The molecular formula is C11H9F4NO3. The molecule has 0 fully saturated rings. The van der Waals surface area contributed by atoms with Crippen LogP contribution in [0.1, 0.15) is 23.2 Å². The fourth-order valence-corrected chi connectivity index (χ4v) is 1.30. The van der Waals surface area contributed by atoms with Crippen LogP contribution in [0.15, 0.2) is 6.07 Å². The molecule has 1 aromatic rings. The lowest BCUT2D eigenvalue weighted by atomic mass is 10.1. The van der Waals surface area contributed by atoms with E-state index in [1.807, 2.05) is 5.32 Å². The molecule has 2 N–H and O–H groups in total. The van der Waals surface area contributed by atoms with Gasteiger partial charge in [0.15, 0.2) is 23.3 Å². The molecule has 1 aromatic carbocycles. The van der Waals surface area contributed by atoms with E-state index in [-0.39, 0.29) is 25.5 Å². The predicted molar refractivity (Wildman–Crippen MR) is 55.5 cm³/mol. The fraction of sp³-hybridized carbons (Fsp3) is 0.273. The highest BCUT2D eigenvalue weighted by Gasteiger charge is 2.24. The summed E-state index contributed by atoms with van der Waals surface area (Å²) in [6.45, 7) is -0.192. The summed E-state index contributed by atoms with van der Waals surface area (Å²) in [6, 6.07) is -0.00806. The number of halogens is 4. The van der Waals surface area contributed by atoms with Gasteiger partial charge in [0.05, 0.1) is 0 Å². The SMILES string of the molecule is O=C(O)CCCNC(=O)c1c(F)c(F)cc(F)c1F. The summed E-state index contributed by atoms with van der Waals surface area (Å²) in [5, 5.41) is 10.3. The second-order valence-corrected chi connectivity index (χ2v) is 3.60. The highest BCUT2D eigenvalue weighted by atomic mass is 19.2. The average Bonchev–Trinajstić information content (AvgIpc) is 2.32. The lowest BCUT2D eigenvalue weighted by Gasteiger charge is -2.07. The average molecular weight is 279 g/mol. The number of amides is 1. The van der Waals surface area contributed by atoms with Crippen LogP contribution in [-0.2, 0) is 4.79 Å². The molecule has 0 aliphatic carbocycles. The monoisotopic (exact) mass is 279 g/mol. The molecule has 0 bridgehead atoms. The summed E-state index contributed by atoms with van der Waals surface area (Å²) in [7, 11) is 0. The lowest BCUT2D eigenvalue weighted by Crippen LogP contribution is -2.27. The normalized spacial score (nSPS) is 10.3. The van der Waals surface area contributed by atoms with Crippen molar-refractivity contribution in [2.75, 3.05) is 6.54 Å². The summed E-state index contributed by atoms with van der Waals surface area (Å²) >= 11 is 0. The van der Waals surface area contributed by atoms with E-state index in [2.05, 4.69) is 0 Å². The zero-order valence-corrected chi connectivity index (χ0v) is 9.47. The Morgan fingerprint density at radius 1 is 1.11 bits per heavy atom. The number of hydrogen-bond donors (Lipinski definition) is 2. The predicted octanol–water partition coefficient (Wildman–Crippen LogP) is 1.84. The van der Waals surface area contributed by atoms with Gasteiger partial charge in [0.25, 0.3) is 5.91 Å². The van der Waals surface area contributed by atoms with Gasteiger partial charge in [-0.25, -0.2) is 17.6 Å². The molecule has 0 aromatic heterocycles. The summed E-state index contributed by atoms with van der Waals surface area (Å²) in [4.78, 5) is 21.5.